The fourth-order valence-electron chi connectivity index (χ4n) is 4.58. The van der Waals surface area contributed by atoms with Gasteiger partial charge in [-0.15, -0.1) is 0 Å². The summed E-state index contributed by atoms with van der Waals surface area (Å²) in [5, 5.41) is 13.0. The number of hydrogen-bond acceptors (Lipinski definition) is 8. The van der Waals surface area contributed by atoms with Crippen LogP contribution in [0.1, 0.15) is 28.8 Å². The van der Waals surface area contributed by atoms with E-state index in [0.29, 0.717) is 42.1 Å². The Labute approximate surface area is 210 Å². The number of aromatic nitrogens is 2. The molecule has 36 heavy (non-hydrogen) atoms. The molecular weight excluding hydrogens is 480 g/mol. The highest BCUT2D eigenvalue weighted by molar-refractivity contribution is 7.89. The number of rotatable bonds is 4. The van der Waals surface area contributed by atoms with Crippen LogP contribution in [0.2, 0.25) is 0 Å². The summed E-state index contributed by atoms with van der Waals surface area (Å²) >= 11 is 0. The Morgan fingerprint density at radius 2 is 1.89 bits per heavy atom. The summed E-state index contributed by atoms with van der Waals surface area (Å²) in [5.41, 5.74) is 3.36. The van der Waals surface area contributed by atoms with E-state index >= 15 is 0 Å². The second-order valence-electron chi connectivity index (χ2n) is 9.16. The maximum absolute atomic E-state index is 13.1. The largest absolute Gasteiger partial charge is 0.392 e. The molecule has 3 aromatic rings. The molecule has 0 aliphatic carbocycles. The molecular formula is C25H28N6O4S. The average Bonchev–Trinajstić information content (AvgIpc) is 2.94. The van der Waals surface area contributed by atoms with Crippen molar-refractivity contribution in [1.82, 2.24) is 14.3 Å². The van der Waals surface area contributed by atoms with Crippen molar-refractivity contribution in [2.24, 2.45) is 0 Å². The van der Waals surface area contributed by atoms with Crippen LogP contribution in [0.3, 0.4) is 0 Å². The summed E-state index contributed by atoms with van der Waals surface area (Å²) in [6, 6.07) is 12.1. The van der Waals surface area contributed by atoms with Gasteiger partial charge in [-0.3, -0.25) is 4.79 Å². The molecule has 0 saturated carbocycles. The van der Waals surface area contributed by atoms with Crippen LogP contribution in [0.15, 0.2) is 53.6 Å². The number of β-amino-alcohol motifs (C(OH)–C–C–N with tert-alkyl or cyclic N) is 1. The third kappa shape index (κ3) is 4.29. The maximum Gasteiger partial charge on any atom is 0.260 e. The Morgan fingerprint density at radius 3 is 2.67 bits per heavy atom. The molecule has 11 heteroatoms. The molecule has 3 heterocycles. The molecule has 10 nitrogen and oxygen atoms in total. The van der Waals surface area contributed by atoms with E-state index in [1.165, 1.54) is 21.3 Å². The van der Waals surface area contributed by atoms with Crippen LogP contribution in [0.4, 0.5) is 28.8 Å². The van der Waals surface area contributed by atoms with Gasteiger partial charge in [-0.1, -0.05) is 17.7 Å². The van der Waals surface area contributed by atoms with Crippen LogP contribution in [0.5, 0.6) is 0 Å². The van der Waals surface area contributed by atoms with Gasteiger partial charge in [-0.25, -0.2) is 13.4 Å². The number of amides is 1. The van der Waals surface area contributed by atoms with E-state index in [0.717, 1.165) is 11.3 Å². The zero-order chi connectivity index (χ0) is 25.6. The number of carbonyl (C=O) groups is 1. The quantitative estimate of drug-likeness (QED) is 0.552. The van der Waals surface area contributed by atoms with Crippen LogP contribution in [0, 0.1) is 6.92 Å². The lowest BCUT2D eigenvalue weighted by Gasteiger charge is -2.29. The number of piperidine rings is 1. The van der Waals surface area contributed by atoms with Gasteiger partial charge in [-0.05, 0) is 50.1 Å². The molecule has 1 atom stereocenters. The third-order valence-electron chi connectivity index (χ3n) is 6.56. The number of aryl methyl sites for hydroxylation is 1. The van der Waals surface area contributed by atoms with E-state index in [1.807, 2.05) is 37.1 Å². The van der Waals surface area contributed by atoms with Gasteiger partial charge in [0.15, 0.2) is 5.82 Å². The predicted molar refractivity (Wildman–Crippen MR) is 138 cm³/mol. The predicted octanol–water partition coefficient (Wildman–Crippen LogP) is 3.03. The lowest BCUT2D eigenvalue weighted by molar-refractivity contribution is 0.0994. The number of fused-ring (bicyclic) bond motifs is 2. The zero-order valence-electron chi connectivity index (χ0n) is 20.3. The van der Waals surface area contributed by atoms with Gasteiger partial charge in [0, 0.05) is 32.9 Å². The number of nitrogens with one attached hydrogen (secondary N) is 1. The molecule has 0 unspecified atom stereocenters. The highest BCUT2D eigenvalue weighted by atomic mass is 32.2. The maximum atomic E-state index is 13.1. The van der Waals surface area contributed by atoms with Crippen LogP contribution in [-0.4, -0.2) is 67.0 Å². The SMILES string of the molecule is Cc1ccc2c(c1)C(=O)N(C)c1cnc(Nc3cccc(S(=O)(=O)N4CCC[C@@H](O)C4)c3)nc1N2C. The standard InChI is InChI=1S/C25H28N6O4S/c1-16-9-10-21-20(12-16)24(33)30(3)22-14-26-25(28-23(22)29(21)2)27-17-6-4-8-19(13-17)36(34,35)31-11-5-7-18(32)15-31/h4,6,8-10,12-14,18,32H,5,7,11,15H2,1-3H3,(H,26,27,28)/t18-/m1/s1. The number of nitrogens with zero attached hydrogens (tertiary/aromatic N) is 5. The fourth-order valence-corrected chi connectivity index (χ4v) is 6.14. The van der Waals surface area contributed by atoms with Gasteiger partial charge in [0.05, 0.1) is 28.4 Å². The molecule has 1 saturated heterocycles. The lowest BCUT2D eigenvalue weighted by Crippen LogP contribution is -2.42. The molecule has 1 amide bonds. The molecule has 2 aliphatic heterocycles. The van der Waals surface area contributed by atoms with E-state index in [-0.39, 0.29) is 23.3 Å². The van der Waals surface area contributed by atoms with E-state index < -0.39 is 16.1 Å². The molecule has 2 N–H and O–H groups in total. The first-order valence-electron chi connectivity index (χ1n) is 11.7. The van der Waals surface area contributed by atoms with Crippen molar-refractivity contribution >= 4 is 44.8 Å². The first-order valence-corrected chi connectivity index (χ1v) is 13.1. The Balaban J connectivity index is 1.46. The fraction of sp³-hybridized carbons (Fsp3) is 0.320. The van der Waals surface area contributed by atoms with Crippen molar-refractivity contribution in [3.05, 3.63) is 59.8 Å². The molecule has 2 aromatic carbocycles. The minimum atomic E-state index is -3.75. The lowest BCUT2D eigenvalue weighted by atomic mass is 10.1. The second-order valence-corrected chi connectivity index (χ2v) is 11.1. The highest BCUT2D eigenvalue weighted by Crippen LogP contribution is 2.38. The zero-order valence-corrected chi connectivity index (χ0v) is 21.2. The molecule has 2 aliphatic rings. The van der Waals surface area contributed by atoms with Gasteiger partial charge in [0.2, 0.25) is 16.0 Å². The van der Waals surface area contributed by atoms with Crippen molar-refractivity contribution in [2.45, 2.75) is 30.8 Å². The Bertz CT molecular complexity index is 1440. The minimum absolute atomic E-state index is 0.0908. The van der Waals surface area contributed by atoms with Crippen molar-refractivity contribution in [1.29, 1.82) is 0 Å². The van der Waals surface area contributed by atoms with Crippen LogP contribution < -0.4 is 15.1 Å². The summed E-state index contributed by atoms with van der Waals surface area (Å²) in [6.45, 7) is 2.41. The van der Waals surface area contributed by atoms with E-state index in [2.05, 4.69) is 15.3 Å². The first kappa shape index (κ1) is 24.2. The summed E-state index contributed by atoms with van der Waals surface area (Å²) in [4.78, 5) is 25.7. The summed E-state index contributed by atoms with van der Waals surface area (Å²) in [6.07, 6.45) is 2.14. The topological polar surface area (TPSA) is 119 Å². The molecule has 188 valence electrons. The number of hydrogen-bond donors (Lipinski definition) is 2. The van der Waals surface area contributed by atoms with E-state index in [4.69, 9.17) is 0 Å². The normalized spacial score (nSPS) is 18.4. The van der Waals surface area contributed by atoms with Gasteiger partial charge in [0.25, 0.3) is 5.91 Å². The second kappa shape index (κ2) is 9.16. The number of aliphatic hydroxyl groups is 1. The first-order chi connectivity index (χ1) is 17.1. The Morgan fingerprint density at radius 1 is 1.08 bits per heavy atom. The molecule has 5 rings (SSSR count). The van der Waals surface area contributed by atoms with Crippen molar-refractivity contribution in [3.8, 4) is 0 Å². The number of anilines is 5. The minimum Gasteiger partial charge on any atom is -0.392 e. The molecule has 0 spiro atoms. The number of carbonyl (C=O) groups excluding carboxylic acids is 1. The summed E-state index contributed by atoms with van der Waals surface area (Å²) in [5.74, 6) is 0.654. The number of aliphatic hydroxyl groups excluding tert-OH is 1. The summed E-state index contributed by atoms with van der Waals surface area (Å²) in [7, 11) is -0.215. The van der Waals surface area contributed by atoms with Crippen LogP contribution >= 0.6 is 0 Å². The van der Waals surface area contributed by atoms with Gasteiger partial charge < -0.3 is 20.2 Å². The highest BCUT2D eigenvalue weighted by Gasteiger charge is 2.31. The van der Waals surface area contributed by atoms with Gasteiger partial charge >= 0.3 is 0 Å². The average molecular weight is 509 g/mol. The molecule has 1 fully saturated rings. The van der Waals surface area contributed by atoms with Crippen LogP contribution in [0.25, 0.3) is 0 Å². The molecule has 0 radical (unpaired) electrons. The number of sulfonamides is 1. The summed E-state index contributed by atoms with van der Waals surface area (Å²) < 4.78 is 27.6. The van der Waals surface area contributed by atoms with Crippen molar-refractivity contribution in [2.75, 3.05) is 42.3 Å². The number of benzene rings is 2. The monoisotopic (exact) mass is 508 g/mol. The van der Waals surface area contributed by atoms with E-state index in [9.17, 15) is 18.3 Å². The van der Waals surface area contributed by atoms with Crippen LogP contribution in [-0.2, 0) is 10.0 Å². The Hall–Kier alpha value is -3.54. The van der Waals surface area contributed by atoms with E-state index in [1.54, 1.807) is 25.4 Å². The van der Waals surface area contributed by atoms with Gasteiger partial charge in [-0.2, -0.15) is 9.29 Å². The molecule has 0 bridgehead atoms. The van der Waals surface area contributed by atoms with Crippen molar-refractivity contribution < 1.29 is 18.3 Å². The smallest absolute Gasteiger partial charge is 0.260 e. The van der Waals surface area contributed by atoms with Gasteiger partial charge in [0.1, 0.15) is 5.69 Å². The Kier molecular flexibility index (Phi) is 6.15. The third-order valence-corrected chi connectivity index (χ3v) is 8.43. The molecule has 1 aromatic heterocycles. The van der Waals surface area contributed by atoms with Crippen molar-refractivity contribution in [3.63, 3.8) is 0 Å².